The summed E-state index contributed by atoms with van der Waals surface area (Å²) in [5.41, 5.74) is 2.78. The molecular formula is C20H18FNOS. The van der Waals surface area contributed by atoms with Crippen LogP contribution in [0.5, 0.6) is 5.75 Å². The van der Waals surface area contributed by atoms with Crippen molar-refractivity contribution in [3.63, 3.8) is 0 Å². The van der Waals surface area contributed by atoms with Crippen molar-refractivity contribution in [2.45, 2.75) is 20.0 Å². The van der Waals surface area contributed by atoms with Crippen molar-refractivity contribution in [1.82, 2.24) is 4.98 Å². The molecule has 24 heavy (non-hydrogen) atoms. The fourth-order valence-electron chi connectivity index (χ4n) is 2.26. The number of hydrogen-bond donors (Lipinski definition) is 0. The molecule has 4 heteroatoms. The summed E-state index contributed by atoms with van der Waals surface area (Å²) in [6.45, 7) is 4.02. The van der Waals surface area contributed by atoms with Crippen LogP contribution in [0.4, 0.5) is 4.39 Å². The molecule has 0 N–H and O–H groups in total. The largest absolute Gasteiger partial charge is 0.490 e. The molecule has 2 nitrogen and oxygen atoms in total. The summed E-state index contributed by atoms with van der Waals surface area (Å²) in [4.78, 5) is 4.58. The minimum Gasteiger partial charge on any atom is -0.490 e. The maximum atomic E-state index is 13.0. The molecule has 1 heterocycles. The minimum absolute atomic E-state index is 0.129. The Labute approximate surface area is 145 Å². The van der Waals surface area contributed by atoms with Crippen molar-refractivity contribution in [1.29, 1.82) is 0 Å². The van der Waals surface area contributed by atoms with Crippen LogP contribution in [0.1, 0.15) is 24.4 Å². The van der Waals surface area contributed by atoms with Gasteiger partial charge in [-0.3, -0.25) is 0 Å². The first-order valence-corrected chi connectivity index (χ1v) is 8.65. The molecule has 3 aromatic rings. The van der Waals surface area contributed by atoms with Gasteiger partial charge in [-0.05, 0) is 56.3 Å². The van der Waals surface area contributed by atoms with Crippen molar-refractivity contribution < 1.29 is 9.13 Å². The third kappa shape index (κ3) is 4.09. The normalized spacial score (nSPS) is 11.3. The summed E-state index contributed by atoms with van der Waals surface area (Å²) in [6.07, 6.45) is 4.11. The fraction of sp³-hybridized carbons (Fsp3) is 0.150. The number of aromatic nitrogens is 1. The summed E-state index contributed by atoms with van der Waals surface area (Å²) in [5.74, 6) is 0.620. The van der Waals surface area contributed by atoms with Crippen LogP contribution in [0, 0.1) is 5.82 Å². The lowest BCUT2D eigenvalue weighted by molar-refractivity contribution is 0.242. The zero-order valence-electron chi connectivity index (χ0n) is 13.6. The van der Waals surface area contributed by atoms with Crippen LogP contribution >= 0.6 is 11.3 Å². The van der Waals surface area contributed by atoms with Gasteiger partial charge in [0.25, 0.3) is 0 Å². The van der Waals surface area contributed by atoms with Gasteiger partial charge in [-0.15, -0.1) is 11.3 Å². The van der Waals surface area contributed by atoms with E-state index in [1.54, 1.807) is 23.5 Å². The van der Waals surface area contributed by atoms with Crippen LogP contribution in [0.15, 0.2) is 53.9 Å². The summed E-state index contributed by atoms with van der Waals surface area (Å²) >= 11 is 1.56. The SMILES string of the molecule is CC(C)Oc1ccccc1C=Cc1nc(-c2ccc(F)cc2)cs1. The predicted octanol–water partition coefficient (Wildman–Crippen LogP) is 5.91. The van der Waals surface area contributed by atoms with E-state index in [0.29, 0.717) is 0 Å². The van der Waals surface area contributed by atoms with Gasteiger partial charge < -0.3 is 4.74 Å². The van der Waals surface area contributed by atoms with E-state index in [1.807, 2.05) is 55.6 Å². The first kappa shape index (κ1) is 16.4. The third-order valence-electron chi connectivity index (χ3n) is 3.35. The van der Waals surface area contributed by atoms with Crippen molar-refractivity contribution in [2.24, 2.45) is 0 Å². The monoisotopic (exact) mass is 339 g/mol. The van der Waals surface area contributed by atoms with Crippen LogP contribution in [0.25, 0.3) is 23.4 Å². The number of thiazole rings is 1. The Kier molecular flexibility index (Phi) is 5.06. The van der Waals surface area contributed by atoms with Gasteiger partial charge in [-0.2, -0.15) is 0 Å². The lowest BCUT2D eigenvalue weighted by Gasteiger charge is -2.11. The second kappa shape index (κ2) is 7.41. The summed E-state index contributed by atoms with van der Waals surface area (Å²) in [7, 11) is 0. The van der Waals surface area contributed by atoms with E-state index < -0.39 is 0 Å². The quantitative estimate of drug-likeness (QED) is 0.577. The van der Waals surface area contributed by atoms with Crippen LogP contribution in [0.3, 0.4) is 0 Å². The lowest BCUT2D eigenvalue weighted by Crippen LogP contribution is -2.06. The Balaban J connectivity index is 1.80. The standard InChI is InChI=1S/C20H18FNOS/c1-14(2)23-19-6-4-3-5-16(19)9-12-20-22-18(13-24-20)15-7-10-17(21)11-8-15/h3-14H,1-2H3. The molecule has 0 radical (unpaired) electrons. The molecule has 1 aromatic heterocycles. The first-order chi connectivity index (χ1) is 11.6. The molecule has 0 amide bonds. The predicted molar refractivity (Wildman–Crippen MR) is 98.6 cm³/mol. The molecule has 3 rings (SSSR count). The Morgan fingerprint density at radius 3 is 2.54 bits per heavy atom. The van der Waals surface area contributed by atoms with E-state index in [-0.39, 0.29) is 11.9 Å². The molecule has 2 aromatic carbocycles. The van der Waals surface area contributed by atoms with E-state index in [4.69, 9.17) is 4.74 Å². The Morgan fingerprint density at radius 1 is 1.04 bits per heavy atom. The average molecular weight is 339 g/mol. The number of rotatable bonds is 5. The van der Waals surface area contributed by atoms with Crippen LogP contribution in [-0.2, 0) is 0 Å². The molecule has 0 aliphatic carbocycles. The van der Waals surface area contributed by atoms with Gasteiger partial charge in [-0.1, -0.05) is 18.2 Å². The zero-order valence-corrected chi connectivity index (χ0v) is 14.4. The van der Waals surface area contributed by atoms with Crippen molar-refractivity contribution in [3.8, 4) is 17.0 Å². The average Bonchev–Trinajstić information content (AvgIpc) is 3.03. The van der Waals surface area contributed by atoms with Gasteiger partial charge in [0.05, 0.1) is 11.8 Å². The first-order valence-electron chi connectivity index (χ1n) is 7.77. The van der Waals surface area contributed by atoms with Crippen molar-refractivity contribution in [3.05, 3.63) is 70.3 Å². The van der Waals surface area contributed by atoms with Crippen molar-refractivity contribution in [2.75, 3.05) is 0 Å². The number of nitrogens with zero attached hydrogens (tertiary/aromatic N) is 1. The second-order valence-electron chi connectivity index (χ2n) is 5.62. The molecular weight excluding hydrogens is 321 g/mol. The van der Waals surface area contributed by atoms with Crippen LogP contribution in [-0.4, -0.2) is 11.1 Å². The highest BCUT2D eigenvalue weighted by atomic mass is 32.1. The topological polar surface area (TPSA) is 22.1 Å². The molecule has 0 saturated carbocycles. The maximum Gasteiger partial charge on any atom is 0.126 e. The number of hydrogen-bond acceptors (Lipinski definition) is 3. The van der Waals surface area contributed by atoms with E-state index >= 15 is 0 Å². The summed E-state index contributed by atoms with van der Waals surface area (Å²) < 4.78 is 18.8. The second-order valence-corrected chi connectivity index (χ2v) is 6.51. The highest BCUT2D eigenvalue weighted by Crippen LogP contribution is 2.25. The van der Waals surface area contributed by atoms with Gasteiger partial charge in [0.2, 0.25) is 0 Å². The molecule has 0 atom stereocenters. The van der Waals surface area contributed by atoms with Gasteiger partial charge in [0, 0.05) is 16.5 Å². The van der Waals surface area contributed by atoms with E-state index in [1.165, 1.54) is 12.1 Å². The number of para-hydroxylation sites is 1. The molecule has 0 unspecified atom stereocenters. The summed E-state index contributed by atoms with van der Waals surface area (Å²) in [5, 5.41) is 2.87. The van der Waals surface area contributed by atoms with Crippen LogP contribution in [0.2, 0.25) is 0 Å². The number of benzene rings is 2. The molecule has 0 fully saturated rings. The lowest BCUT2D eigenvalue weighted by atomic mass is 10.2. The molecule has 0 spiro atoms. The van der Waals surface area contributed by atoms with E-state index in [9.17, 15) is 4.39 Å². The zero-order chi connectivity index (χ0) is 16.9. The van der Waals surface area contributed by atoms with Gasteiger partial charge in [-0.25, -0.2) is 9.37 Å². The van der Waals surface area contributed by atoms with E-state index in [0.717, 1.165) is 27.6 Å². The Hall–Kier alpha value is -2.46. The Morgan fingerprint density at radius 2 is 1.79 bits per heavy atom. The number of halogens is 1. The van der Waals surface area contributed by atoms with Gasteiger partial charge in [0.15, 0.2) is 0 Å². The molecule has 0 bridgehead atoms. The molecule has 122 valence electrons. The minimum atomic E-state index is -0.240. The van der Waals surface area contributed by atoms with Gasteiger partial charge >= 0.3 is 0 Å². The molecule has 0 aliphatic heterocycles. The van der Waals surface area contributed by atoms with Crippen molar-refractivity contribution >= 4 is 23.5 Å². The van der Waals surface area contributed by atoms with Gasteiger partial charge in [0.1, 0.15) is 16.6 Å². The smallest absolute Gasteiger partial charge is 0.126 e. The molecule has 0 aliphatic rings. The highest BCUT2D eigenvalue weighted by molar-refractivity contribution is 7.10. The third-order valence-corrected chi connectivity index (χ3v) is 4.16. The van der Waals surface area contributed by atoms with E-state index in [2.05, 4.69) is 4.98 Å². The number of ether oxygens (including phenoxy) is 1. The fourth-order valence-corrected chi connectivity index (χ4v) is 2.98. The Bertz CT molecular complexity index is 837. The van der Waals surface area contributed by atoms with Crippen LogP contribution < -0.4 is 4.74 Å². The molecule has 0 saturated heterocycles. The highest BCUT2D eigenvalue weighted by Gasteiger charge is 2.05. The summed E-state index contributed by atoms with van der Waals surface area (Å²) in [6, 6.07) is 14.3. The maximum absolute atomic E-state index is 13.0.